The lowest BCUT2D eigenvalue weighted by molar-refractivity contribution is -0.141. The molecule has 1 unspecified atom stereocenters. The van der Waals surface area contributed by atoms with E-state index in [1.807, 2.05) is 70.2 Å². The Balaban J connectivity index is 2.21. The van der Waals surface area contributed by atoms with Crippen molar-refractivity contribution >= 4 is 27.5 Å². The fraction of sp³-hybridized carbons (Fsp3) is 0.481. The molecule has 0 saturated carbocycles. The lowest BCUT2D eigenvalue weighted by atomic mass is 10.1. The molecule has 0 fully saturated rings. The van der Waals surface area contributed by atoms with E-state index in [1.54, 1.807) is 11.0 Å². The van der Waals surface area contributed by atoms with Gasteiger partial charge in [-0.25, -0.2) is 8.42 Å². The second kappa shape index (κ2) is 13.3. The molecular weight excluding hydrogens is 462 g/mol. The number of nitrogens with zero attached hydrogens (tertiary/aromatic N) is 2. The number of rotatable bonds is 13. The van der Waals surface area contributed by atoms with Gasteiger partial charge in [-0.15, -0.1) is 0 Å². The molecule has 0 aliphatic rings. The van der Waals surface area contributed by atoms with Crippen molar-refractivity contribution in [2.24, 2.45) is 0 Å². The van der Waals surface area contributed by atoms with Crippen LogP contribution < -0.4 is 9.62 Å². The molecule has 1 atom stereocenters. The highest BCUT2D eigenvalue weighted by Crippen LogP contribution is 2.21. The molecule has 2 amide bonds. The molecule has 8 heteroatoms. The highest BCUT2D eigenvalue weighted by atomic mass is 32.2. The van der Waals surface area contributed by atoms with E-state index < -0.39 is 16.1 Å². The number of nitrogens with one attached hydrogen (secondary N) is 1. The van der Waals surface area contributed by atoms with Gasteiger partial charge in [0.15, 0.2) is 0 Å². The number of carbonyl (C=O) groups is 2. The number of carbonyl (C=O) groups excluding carboxylic acids is 2. The number of amides is 2. The number of hydrogen-bond acceptors (Lipinski definition) is 4. The van der Waals surface area contributed by atoms with E-state index in [1.165, 1.54) is 10.6 Å². The van der Waals surface area contributed by atoms with E-state index in [2.05, 4.69) is 5.32 Å². The first-order valence-electron chi connectivity index (χ1n) is 12.2. The van der Waals surface area contributed by atoms with Crippen molar-refractivity contribution in [3.8, 4) is 0 Å². The van der Waals surface area contributed by atoms with Crippen molar-refractivity contribution in [1.82, 2.24) is 10.2 Å². The molecule has 0 aliphatic carbocycles. The molecule has 7 nitrogen and oxygen atoms in total. The van der Waals surface area contributed by atoms with Crippen LogP contribution in [0.2, 0.25) is 0 Å². The minimum absolute atomic E-state index is 0.140. The lowest BCUT2D eigenvalue weighted by Gasteiger charge is -2.31. The molecule has 0 aromatic heterocycles. The van der Waals surface area contributed by atoms with Crippen molar-refractivity contribution < 1.29 is 18.0 Å². The van der Waals surface area contributed by atoms with Crippen LogP contribution in [0.4, 0.5) is 5.69 Å². The Morgan fingerprint density at radius 2 is 1.74 bits per heavy atom. The molecule has 0 saturated heterocycles. The molecule has 2 rings (SSSR count). The Labute approximate surface area is 210 Å². The normalized spacial score (nSPS) is 12.1. The third-order valence-electron chi connectivity index (χ3n) is 5.98. The van der Waals surface area contributed by atoms with Crippen LogP contribution in [0.3, 0.4) is 0 Å². The van der Waals surface area contributed by atoms with Gasteiger partial charge in [0.2, 0.25) is 21.8 Å². The molecule has 35 heavy (non-hydrogen) atoms. The van der Waals surface area contributed by atoms with Gasteiger partial charge in [0.05, 0.1) is 11.9 Å². The maximum atomic E-state index is 13.4. The SMILES string of the molecule is CCCNC(=O)C(CC)N(Cc1ccccc1C)C(=O)CCCN(c1cccc(C)c1)S(C)(=O)=O. The Kier molecular flexibility index (Phi) is 10.8. The number of hydrogen-bond donors (Lipinski definition) is 1. The Hall–Kier alpha value is -2.87. The van der Waals surface area contributed by atoms with E-state index in [4.69, 9.17) is 0 Å². The van der Waals surface area contributed by atoms with Gasteiger partial charge in [0.25, 0.3) is 0 Å². The van der Waals surface area contributed by atoms with Gasteiger partial charge in [0.1, 0.15) is 6.04 Å². The third kappa shape index (κ3) is 8.38. The minimum Gasteiger partial charge on any atom is -0.354 e. The van der Waals surface area contributed by atoms with Gasteiger partial charge in [0, 0.05) is 26.1 Å². The topological polar surface area (TPSA) is 86.8 Å². The molecule has 2 aromatic carbocycles. The second-order valence-electron chi connectivity index (χ2n) is 8.94. The fourth-order valence-electron chi connectivity index (χ4n) is 4.04. The fourth-order valence-corrected chi connectivity index (χ4v) is 5.00. The number of benzene rings is 2. The van der Waals surface area contributed by atoms with E-state index in [0.29, 0.717) is 31.6 Å². The van der Waals surface area contributed by atoms with Crippen LogP contribution in [0.5, 0.6) is 0 Å². The summed E-state index contributed by atoms with van der Waals surface area (Å²) in [5.74, 6) is -0.321. The maximum absolute atomic E-state index is 13.4. The van der Waals surface area contributed by atoms with Crippen LogP contribution in [-0.4, -0.2) is 50.5 Å². The third-order valence-corrected chi connectivity index (χ3v) is 7.17. The van der Waals surface area contributed by atoms with Crippen LogP contribution in [0, 0.1) is 13.8 Å². The highest BCUT2D eigenvalue weighted by molar-refractivity contribution is 7.92. The van der Waals surface area contributed by atoms with E-state index in [-0.39, 0.29) is 24.8 Å². The van der Waals surface area contributed by atoms with Gasteiger partial charge >= 0.3 is 0 Å². The van der Waals surface area contributed by atoms with Gasteiger partial charge in [-0.05, 0) is 61.9 Å². The average Bonchev–Trinajstić information content (AvgIpc) is 2.80. The monoisotopic (exact) mass is 501 g/mol. The molecule has 0 bridgehead atoms. The summed E-state index contributed by atoms with van der Waals surface area (Å²) in [6.07, 6.45) is 2.96. The Bertz CT molecular complexity index is 1100. The average molecular weight is 502 g/mol. The second-order valence-corrected chi connectivity index (χ2v) is 10.8. The van der Waals surface area contributed by atoms with Crippen LogP contribution in [0.15, 0.2) is 48.5 Å². The van der Waals surface area contributed by atoms with Crippen molar-refractivity contribution in [3.63, 3.8) is 0 Å². The first-order valence-corrected chi connectivity index (χ1v) is 14.1. The summed E-state index contributed by atoms with van der Waals surface area (Å²) >= 11 is 0. The Morgan fingerprint density at radius 3 is 2.34 bits per heavy atom. The predicted molar refractivity (Wildman–Crippen MR) is 142 cm³/mol. The zero-order valence-electron chi connectivity index (χ0n) is 21.6. The number of aryl methyl sites for hydroxylation is 2. The number of anilines is 1. The molecule has 0 radical (unpaired) electrons. The van der Waals surface area contributed by atoms with Gasteiger partial charge in [-0.3, -0.25) is 13.9 Å². The zero-order valence-corrected chi connectivity index (χ0v) is 22.4. The Morgan fingerprint density at radius 1 is 1.03 bits per heavy atom. The summed E-state index contributed by atoms with van der Waals surface area (Å²) in [7, 11) is -3.51. The van der Waals surface area contributed by atoms with E-state index in [9.17, 15) is 18.0 Å². The standard InChI is InChI=1S/C27H39N3O4S/c1-6-17-28-27(32)25(7-2)29(20-23-14-9-8-13-22(23)4)26(31)16-11-18-30(35(5,33)34)24-15-10-12-21(3)19-24/h8-10,12-15,19,25H,6-7,11,16-18,20H2,1-5H3,(H,28,32). The molecule has 0 heterocycles. The zero-order chi connectivity index (χ0) is 26.0. The van der Waals surface area contributed by atoms with Crippen molar-refractivity contribution in [3.05, 3.63) is 65.2 Å². The first-order chi connectivity index (χ1) is 16.6. The summed E-state index contributed by atoms with van der Waals surface area (Å²) in [6, 6.07) is 14.5. The molecular formula is C27H39N3O4S. The lowest BCUT2D eigenvalue weighted by Crippen LogP contribution is -2.49. The molecule has 0 spiro atoms. The summed E-state index contributed by atoms with van der Waals surface area (Å²) in [5.41, 5.74) is 3.58. The van der Waals surface area contributed by atoms with Crippen molar-refractivity contribution in [1.29, 1.82) is 0 Å². The minimum atomic E-state index is -3.51. The highest BCUT2D eigenvalue weighted by Gasteiger charge is 2.29. The van der Waals surface area contributed by atoms with Crippen LogP contribution in [0.1, 0.15) is 56.2 Å². The predicted octanol–water partition coefficient (Wildman–Crippen LogP) is 4.18. The molecule has 192 valence electrons. The van der Waals surface area contributed by atoms with Gasteiger partial charge < -0.3 is 10.2 Å². The quantitative estimate of drug-likeness (QED) is 0.446. The van der Waals surface area contributed by atoms with Crippen LogP contribution in [0.25, 0.3) is 0 Å². The number of sulfonamides is 1. The molecule has 1 N–H and O–H groups in total. The summed E-state index contributed by atoms with van der Waals surface area (Å²) in [5, 5.41) is 2.92. The molecule has 0 aliphatic heterocycles. The summed E-state index contributed by atoms with van der Waals surface area (Å²) in [6.45, 7) is 8.86. The van der Waals surface area contributed by atoms with E-state index in [0.717, 1.165) is 23.1 Å². The van der Waals surface area contributed by atoms with Gasteiger partial charge in [-0.2, -0.15) is 0 Å². The maximum Gasteiger partial charge on any atom is 0.242 e. The molecule has 2 aromatic rings. The van der Waals surface area contributed by atoms with Crippen LogP contribution >= 0.6 is 0 Å². The van der Waals surface area contributed by atoms with Crippen LogP contribution in [-0.2, 0) is 26.2 Å². The van der Waals surface area contributed by atoms with E-state index >= 15 is 0 Å². The summed E-state index contributed by atoms with van der Waals surface area (Å²) in [4.78, 5) is 28.0. The van der Waals surface area contributed by atoms with Gasteiger partial charge in [-0.1, -0.05) is 50.2 Å². The summed E-state index contributed by atoms with van der Waals surface area (Å²) < 4.78 is 26.2. The smallest absolute Gasteiger partial charge is 0.242 e. The largest absolute Gasteiger partial charge is 0.354 e. The first kappa shape index (κ1) is 28.4. The van der Waals surface area contributed by atoms with Crippen molar-refractivity contribution in [2.45, 2.75) is 66.0 Å². The van der Waals surface area contributed by atoms with Crippen molar-refractivity contribution in [2.75, 3.05) is 23.7 Å².